The molecule has 0 aliphatic carbocycles. The molecule has 30 heavy (non-hydrogen) atoms. The van der Waals surface area contributed by atoms with Crippen molar-refractivity contribution in [1.29, 1.82) is 0 Å². The summed E-state index contributed by atoms with van der Waals surface area (Å²) in [6.07, 6.45) is 1.51. The van der Waals surface area contributed by atoms with Gasteiger partial charge in [-0.3, -0.25) is 14.6 Å². The SMILES string of the molecule is CCn1c(CNC(=O)c2ccc(NS(=O)(=O)/C=C/c3ccccc3)cc2)n[nH]c1=S. The van der Waals surface area contributed by atoms with Gasteiger partial charge in [0, 0.05) is 17.8 Å². The largest absolute Gasteiger partial charge is 0.345 e. The zero-order valence-corrected chi connectivity index (χ0v) is 17.8. The number of nitrogens with zero attached hydrogens (tertiary/aromatic N) is 2. The van der Waals surface area contributed by atoms with Crippen LogP contribution in [0.3, 0.4) is 0 Å². The van der Waals surface area contributed by atoms with Gasteiger partial charge in [0.25, 0.3) is 15.9 Å². The normalized spacial score (nSPS) is 11.5. The number of hydrogen-bond acceptors (Lipinski definition) is 5. The maximum Gasteiger partial charge on any atom is 0.255 e. The Morgan fingerprint density at radius 1 is 1.17 bits per heavy atom. The van der Waals surface area contributed by atoms with Crippen LogP contribution >= 0.6 is 12.2 Å². The Kier molecular flexibility index (Phi) is 6.80. The predicted molar refractivity (Wildman–Crippen MR) is 119 cm³/mol. The van der Waals surface area contributed by atoms with Crippen molar-refractivity contribution in [3.05, 3.63) is 81.7 Å². The second-order valence-electron chi connectivity index (χ2n) is 6.31. The van der Waals surface area contributed by atoms with Crippen molar-refractivity contribution in [3.8, 4) is 0 Å². The minimum atomic E-state index is -3.67. The van der Waals surface area contributed by atoms with E-state index in [1.54, 1.807) is 28.8 Å². The van der Waals surface area contributed by atoms with Gasteiger partial charge in [-0.1, -0.05) is 30.3 Å². The lowest BCUT2D eigenvalue weighted by atomic mass is 10.2. The fraction of sp³-hybridized carbons (Fsp3) is 0.150. The smallest absolute Gasteiger partial charge is 0.255 e. The second kappa shape index (κ2) is 9.51. The second-order valence-corrected chi connectivity index (χ2v) is 8.26. The molecule has 3 rings (SSSR count). The molecule has 8 nitrogen and oxygen atoms in total. The summed E-state index contributed by atoms with van der Waals surface area (Å²) in [5, 5.41) is 10.7. The minimum absolute atomic E-state index is 0.221. The third kappa shape index (κ3) is 5.65. The van der Waals surface area contributed by atoms with E-state index in [2.05, 4.69) is 20.2 Å². The van der Waals surface area contributed by atoms with E-state index in [9.17, 15) is 13.2 Å². The summed E-state index contributed by atoms with van der Waals surface area (Å²) in [5.41, 5.74) is 1.53. The van der Waals surface area contributed by atoms with Crippen LogP contribution in [0.5, 0.6) is 0 Å². The highest BCUT2D eigenvalue weighted by atomic mass is 32.2. The fourth-order valence-electron chi connectivity index (χ4n) is 2.69. The lowest BCUT2D eigenvalue weighted by molar-refractivity contribution is 0.0949. The maximum absolute atomic E-state index is 12.3. The molecule has 0 aliphatic heterocycles. The lowest BCUT2D eigenvalue weighted by Crippen LogP contribution is -2.24. The van der Waals surface area contributed by atoms with Gasteiger partial charge in [-0.2, -0.15) is 5.10 Å². The average molecular weight is 444 g/mol. The van der Waals surface area contributed by atoms with Gasteiger partial charge in [-0.15, -0.1) is 0 Å². The first kappa shape index (κ1) is 21.5. The van der Waals surface area contributed by atoms with Crippen LogP contribution in [-0.4, -0.2) is 29.1 Å². The Morgan fingerprint density at radius 2 is 1.87 bits per heavy atom. The summed E-state index contributed by atoms with van der Waals surface area (Å²) < 4.78 is 29.2. The Morgan fingerprint density at radius 3 is 2.53 bits per heavy atom. The van der Waals surface area contributed by atoms with E-state index in [0.29, 0.717) is 28.4 Å². The van der Waals surface area contributed by atoms with E-state index >= 15 is 0 Å². The van der Waals surface area contributed by atoms with E-state index in [0.717, 1.165) is 11.0 Å². The predicted octanol–water partition coefficient (Wildman–Crippen LogP) is 3.30. The van der Waals surface area contributed by atoms with Crippen LogP contribution < -0.4 is 10.0 Å². The molecule has 0 spiro atoms. The number of sulfonamides is 1. The van der Waals surface area contributed by atoms with Crippen molar-refractivity contribution in [2.75, 3.05) is 4.72 Å². The molecule has 3 N–H and O–H groups in total. The number of H-pyrrole nitrogens is 1. The molecule has 0 radical (unpaired) electrons. The molecule has 3 aromatic rings. The van der Waals surface area contributed by atoms with E-state index in [-0.39, 0.29) is 12.5 Å². The number of aromatic nitrogens is 3. The zero-order chi connectivity index (χ0) is 21.6. The van der Waals surface area contributed by atoms with Gasteiger partial charge in [-0.25, -0.2) is 8.42 Å². The quantitative estimate of drug-likeness (QED) is 0.463. The summed E-state index contributed by atoms with van der Waals surface area (Å²) in [7, 11) is -3.67. The highest BCUT2D eigenvalue weighted by Gasteiger charge is 2.10. The number of amides is 1. The van der Waals surface area contributed by atoms with E-state index < -0.39 is 10.0 Å². The summed E-state index contributed by atoms with van der Waals surface area (Å²) in [6.45, 7) is 2.80. The summed E-state index contributed by atoms with van der Waals surface area (Å²) in [5.74, 6) is 0.329. The first-order valence-electron chi connectivity index (χ1n) is 9.16. The van der Waals surface area contributed by atoms with E-state index in [1.807, 2.05) is 25.1 Å². The van der Waals surface area contributed by atoms with Gasteiger partial charge in [0.05, 0.1) is 12.0 Å². The molecule has 1 amide bonds. The Labute approximate surface area is 179 Å². The number of hydrogen-bond donors (Lipinski definition) is 3. The van der Waals surface area contributed by atoms with Gasteiger partial charge in [0.2, 0.25) is 0 Å². The average Bonchev–Trinajstić information content (AvgIpc) is 3.11. The van der Waals surface area contributed by atoms with Crippen LogP contribution in [0.1, 0.15) is 28.7 Å². The Hall–Kier alpha value is -3.24. The number of benzene rings is 2. The van der Waals surface area contributed by atoms with Crippen molar-refractivity contribution >= 4 is 39.9 Å². The summed E-state index contributed by atoms with van der Waals surface area (Å²) in [6, 6.07) is 15.3. The van der Waals surface area contributed by atoms with Gasteiger partial charge in [-0.05, 0) is 55.0 Å². The van der Waals surface area contributed by atoms with Gasteiger partial charge < -0.3 is 9.88 Å². The van der Waals surface area contributed by atoms with E-state index in [1.165, 1.54) is 18.2 Å². The number of nitrogens with one attached hydrogen (secondary N) is 3. The molecule has 156 valence electrons. The van der Waals surface area contributed by atoms with Crippen LogP contribution in [0, 0.1) is 4.77 Å². The van der Waals surface area contributed by atoms with Crippen LogP contribution in [0.2, 0.25) is 0 Å². The van der Waals surface area contributed by atoms with Crippen LogP contribution in [0.4, 0.5) is 5.69 Å². The van der Waals surface area contributed by atoms with Gasteiger partial charge in [0.15, 0.2) is 10.6 Å². The lowest BCUT2D eigenvalue weighted by Gasteiger charge is -2.08. The van der Waals surface area contributed by atoms with Crippen molar-refractivity contribution in [2.24, 2.45) is 0 Å². The molecule has 0 saturated carbocycles. The zero-order valence-electron chi connectivity index (χ0n) is 16.2. The molecule has 0 saturated heterocycles. The molecular formula is C20H21N5O3S2. The van der Waals surface area contributed by atoms with E-state index in [4.69, 9.17) is 12.2 Å². The first-order chi connectivity index (χ1) is 14.4. The monoisotopic (exact) mass is 443 g/mol. The topological polar surface area (TPSA) is 109 Å². The molecule has 0 unspecified atom stereocenters. The highest BCUT2D eigenvalue weighted by molar-refractivity contribution is 7.95. The summed E-state index contributed by atoms with van der Waals surface area (Å²) >= 11 is 5.12. The third-order valence-corrected chi connectivity index (χ3v) is 5.53. The molecule has 0 atom stereocenters. The maximum atomic E-state index is 12.3. The first-order valence-corrected chi connectivity index (χ1v) is 11.1. The molecule has 0 bridgehead atoms. The fourth-order valence-corrected chi connectivity index (χ4v) is 3.84. The number of carbonyl (C=O) groups is 1. The third-order valence-electron chi connectivity index (χ3n) is 4.21. The molecule has 2 aromatic carbocycles. The van der Waals surface area contributed by atoms with Gasteiger partial charge in [0.1, 0.15) is 0 Å². The molecular weight excluding hydrogens is 422 g/mol. The molecule has 1 aromatic heterocycles. The summed E-state index contributed by atoms with van der Waals surface area (Å²) in [4.78, 5) is 12.3. The standard InChI is InChI=1S/C20H21N5O3S2/c1-2-25-18(22-23-20(25)29)14-21-19(26)16-8-10-17(11-9-16)24-30(27,28)13-12-15-6-4-3-5-7-15/h3-13,24H,2,14H2,1H3,(H,21,26)(H,23,29)/b13-12+. The van der Waals surface area contributed by atoms with Crippen molar-refractivity contribution < 1.29 is 13.2 Å². The number of aromatic amines is 1. The molecule has 1 heterocycles. The molecule has 10 heteroatoms. The van der Waals surface area contributed by atoms with Crippen molar-refractivity contribution in [1.82, 2.24) is 20.1 Å². The van der Waals surface area contributed by atoms with Gasteiger partial charge >= 0.3 is 0 Å². The van der Waals surface area contributed by atoms with Crippen LogP contribution in [0.15, 0.2) is 60.0 Å². The van der Waals surface area contributed by atoms with Crippen molar-refractivity contribution in [2.45, 2.75) is 20.0 Å². The minimum Gasteiger partial charge on any atom is -0.345 e. The number of carbonyl (C=O) groups excluding carboxylic acids is 1. The Balaban J connectivity index is 1.60. The number of anilines is 1. The van der Waals surface area contributed by atoms with Crippen LogP contribution in [0.25, 0.3) is 6.08 Å². The number of rotatable bonds is 8. The van der Waals surface area contributed by atoms with Crippen LogP contribution in [-0.2, 0) is 23.1 Å². The molecule has 0 aliphatic rings. The van der Waals surface area contributed by atoms with Crippen molar-refractivity contribution in [3.63, 3.8) is 0 Å². The molecule has 0 fully saturated rings. The highest BCUT2D eigenvalue weighted by Crippen LogP contribution is 2.13. The Bertz CT molecular complexity index is 1200.